The van der Waals surface area contributed by atoms with Gasteiger partial charge < -0.3 is 14.8 Å². The van der Waals surface area contributed by atoms with E-state index < -0.39 is 0 Å². The van der Waals surface area contributed by atoms with Crippen molar-refractivity contribution in [3.05, 3.63) is 72.4 Å². The first-order chi connectivity index (χ1) is 15.2. The Morgan fingerprint density at radius 1 is 1.13 bits per heavy atom. The molecule has 1 fully saturated rings. The summed E-state index contributed by atoms with van der Waals surface area (Å²) in [5, 5.41) is 3.74. The van der Waals surface area contributed by atoms with E-state index in [1.807, 2.05) is 24.3 Å². The van der Waals surface area contributed by atoms with Crippen molar-refractivity contribution in [3.8, 4) is 16.3 Å². The smallest absolute Gasteiger partial charge is 0.256 e. The molecule has 31 heavy (non-hydrogen) atoms. The van der Waals surface area contributed by atoms with Gasteiger partial charge in [-0.2, -0.15) is 0 Å². The maximum atomic E-state index is 12.5. The van der Waals surface area contributed by atoms with E-state index in [0.717, 1.165) is 46.0 Å². The largest absolute Gasteiger partial charge is 0.491 e. The molecule has 0 aliphatic carbocycles. The van der Waals surface area contributed by atoms with Crippen molar-refractivity contribution >= 4 is 33.3 Å². The molecule has 1 saturated heterocycles. The first-order valence-electron chi connectivity index (χ1n) is 10.2. The van der Waals surface area contributed by atoms with Crippen molar-refractivity contribution < 1.29 is 14.3 Å². The molecule has 1 amide bonds. The van der Waals surface area contributed by atoms with Crippen LogP contribution in [0, 0.1) is 0 Å². The summed E-state index contributed by atoms with van der Waals surface area (Å²) in [5.74, 6) is 1.00. The molecule has 2 aromatic heterocycles. The van der Waals surface area contributed by atoms with Gasteiger partial charge in [0.05, 0.1) is 16.3 Å². The maximum Gasteiger partial charge on any atom is 0.256 e. The van der Waals surface area contributed by atoms with Gasteiger partial charge in [0.25, 0.3) is 5.91 Å². The molecule has 0 spiro atoms. The Balaban J connectivity index is 1.20. The van der Waals surface area contributed by atoms with Crippen LogP contribution in [0.2, 0.25) is 0 Å². The highest BCUT2D eigenvalue weighted by atomic mass is 32.1. The molecule has 1 atom stereocenters. The van der Waals surface area contributed by atoms with Gasteiger partial charge in [-0.15, -0.1) is 11.3 Å². The van der Waals surface area contributed by atoms with Gasteiger partial charge in [0.2, 0.25) is 0 Å². The van der Waals surface area contributed by atoms with Crippen molar-refractivity contribution in [2.24, 2.45) is 0 Å². The van der Waals surface area contributed by atoms with Crippen LogP contribution in [0.3, 0.4) is 0 Å². The number of amides is 1. The molecule has 1 aliphatic rings. The van der Waals surface area contributed by atoms with Gasteiger partial charge in [-0.3, -0.25) is 4.79 Å². The fourth-order valence-electron chi connectivity index (χ4n) is 3.45. The zero-order valence-corrected chi connectivity index (χ0v) is 17.6. The summed E-state index contributed by atoms with van der Waals surface area (Å²) in [6, 6.07) is 18.8. The Bertz CT molecular complexity index is 1150. The Morgan fingerprint density at radius 3 is 2.74 bits per heavy atom. The van der Waals surface area contributed by atoms with Crippen molar-refractivity contribution in [3.63, 3.8) is 0 Å². The fourth-order valence-corrected chi connectivity index (χ4v) is 4.40. The lowest BCUT2D eigenvalue weighted by Gasteiger charge is -2.11. The highest BCUT2D eigenvalue weighted by Gasteiger charge is 2.16. The van der Waals surface area contributed by atoms with Crippen LogP contribution in [0.25, 0.3) is 20.8 Å². The van der Waals surface area contributed by atoms with Crippen molar-refractivity contribution in [2.45, 2.75) is 18.9 Å². The minimum absolute atomic E-state index is 0.166. The van der Waals surface area contributed by atoms with E-state index in [9.17, 15) is 4.79 Å². The standard InChI is InChI=1S/C24H21N3O3S/c28-23(16-7-10-18(11-8-16)30-15-19-4-3-13-29-19)27-22-12-9-17(14-25-22)24-26-20-5-1-2-6-21(20)31-24/h1-2,5-12,14,19H,3-4,13,15H2,(H,25,27,28). The fraction of sp³-hybridized carbons (Fsp3) is 0.208. The lowest BCUT2D eigenvalue weighted by molar-refractivity contribution is 0.0679. The zero-order valence-electron chi connectivity index (χ0n) is 16.8. The molecule has 3 heterocycles. The number of para-hydroxylation sites is 1. The molecular formula is C24H21N3O3S. The van der Waals surface area contributed by atoms with Crippen molar-refractivity contribution in [2.75, 3.05) is 18.5 Å². The van der Waals surface area contributed by atoms with Crippen LogP contribution in [-0.4, -0.2) is 35.2 Å². The van der Waals surface area contributed by atoms with Crippen LogP contribution < -0.4 is 10.1 Å². The summed E-state index contributed by atoms with van der Waals surface area (Å²) in [6.07, 6.45) is 4.02. The van der Waals surface area contributed by atoms with Gasteiger partial charge in [0, 0.05) is 23.9 Å². The van der Waals surface area contributed by atoms with Gasteiger partial charge in [0.15, 0.2) is 0 Å². The molecule has 1 unspecified atom stereocenters. The third kappa shape index (κ3) is 4.57. The number of benzene rings is 2. The first kappa shape index (κ1) is 19.7. The predicted molar refractivity (Wildman–Crippen MR) is 122 cm³/mol. The van der Waals surface area contributed by atoms with E-state index >= 15 is 0 Å². The minimum atomic E-state index is -0.217. The Kier molecular flexibility index (Phi) is 5.60. The molecule has 156 valence electrons. The molecule has 1 N–H and O–H groups in total. The second-order valence-electron chi connectivity index (χ2n) is 7.34. The maximum absolute atomic E-state index is 12.5. The third-order valence-corrected chi connectivity index (χ3v) is 6.21. The number of nitrogens with one attached hydrogen (secondary N) is 1. The van der Waals surface area contributed by atoms with Gasteiger partial charge >= 0.3 is 0 Å². The average molecular weight is 432 g/mol. The Labute approximate surface area is 183 Å². The highest BCUT2D eigenvalue weighted by Crippen LogP contribution is 2.30. The van der Waals surface area contributed by atoms with E-state index in [1.165, 1.54) is 0 Å². The normalized spacial score (nSPS) is 15.8. The first-order valence-corrected chi connectivity index (χ1v) is 11.0. The number of carbonyl (C=O) groups is 1. The van der Waals surface area contributed by atoms with Crippen molar-refractivity contribution in [1.82, 2.24) is 9.97 Å². The number of fused-ring (bicyclic) bond motifs is 1. The van der Waals surface area contributed by atoms with E-state index in [4.69, 9.17) is 9.47 Å². The number of nitrogens with zero attached hydrogens (tertiary/aromatic N) is 2. The molecule has 1 aliphatic heterocycles. The van der Waals surface area contributed by atoms with Gasteiger partial charge in [-0.1, -0.05) is 12.1 Å². The Hall–Kier alpha value is -3.29. The second kappa shape index (κ2) is 8.83. The average Bonchev–Trinajstić information content (AvgIpc) is 3.48. The summed E-state index contributed by atoms with van der Waals surface area (Å²) in [6.45, 7) is 1.35. The van der Waals surface area contributed by atoms with Crippen LogP contribution in [0.5, 0.6) is 5.75 Å². The SMILES string of the molecule is O=C(Nc1ccc(-c2nc3ccccc3s2)cn1)c1ccc(OCC2CCCO2)cc1. The molecule has 0 radical (unpaired) electrons. The highest BCUT2D eigenvalue weighted by molar-refractivity contribution is 7.21. The quantitative estimate of drug-likeness (QED) is 0.456. The summed E-state index contributed by atoms with van der Waals surface area (Å²) < 4.78 is 12.4. The van der Waals surface area contributed by atoms with Crippen LogP contribution in [0.1, 0.15) is 23.2 Å². The molecule has 2 aromatic carbocycles. The molecule has 4 aromatic rings. The van der Waals surface area contributed by atoms with Gasteiger partial charge in [0.1, 0.15) is 23.2 Å². The number of thiazole rings is 1. The molecule has 6 nitrogen and oxygen atoms in total. The van der Waals surface area contributed by atoms with E-state index in [2.05, 4.69) is 21.4 Å². The predicted octanol–water partition coefficient (Wildman–Crippen LogP) is 5.17. The summed E-state index contributed by atoms with van der Waals surface area (Å²) in [5.41, 5.74) is 2.44. The molecular weight excluding hydrogens is 410 g/mol. The lowest BCUT2D eigenvalue weighted by atomic mass is 10.2. The summed E-state index contributed by atoms with van der Waals surface area (Å²) in [4.78, 5) is 21.6. The van der Waals surface area contributed by atoms with Crippen LogP contribution in [0.4, 0.5) is 5.82 Å². The number of hydrogen-bond acceptors (Lipinski definition) is 6. The molecule has 0 bridgehead atoms. The topological polar surface area (TPSA) is 73.3 Å². The number of anilines is 1. The second-order valence-corrected chi connectivity index (χ2v) is 8.37. The minimum Gasteiger partial charge on any atom is -0.491 e. The van der Waals surface area contributed by atoms with Crippen molar-refractivity contribution in [1.29, 1.82) is 0 Å². The van der Waals surface area contributed by atoms with Crippen LogP contribution in [-0.2, 0) is 4.74 Å². The van der Waals surface area contributed by atoms with E-state index in [-0.39, 0.29) is 12.0 Å². The number of hydrogen-bond donors (Lipinski definition) is 1. The Morgan fingerprint density at radius 2 is 2.00 bits per heavy atom. The van der Waals surface area contributed by atoms with Gasteiger partial charge in [-0.05, 0) is 61.4 Å². The van der Waals surface area contributed by atoms with Crippen LogP contribution >= 0.6 is 11.3 Å². The lowest BCUT2D eigenvalue weighted by Crippen LogP contribution is -2.16. The summed E-state index contributed by atoms with van der Waals surface area (Å²) >= 11 is 1.62. The number of pyridine rings is 1. The zero-order chi connectivity index (χ0) is 21.0. The van der Waals surface area contributed by atoms with Crippen LogP contribution in [0.15, 0.2) is 66.9 Å². The third-order valence-electron chi connectivity index (χ3n) is 5.12. The monoisotopic (exact) mass is 431 g/mol. The number of rotatable bonds is 6. The van der Waals surface area contributed by atoms with E-state index in [1.54, 1.807) is 47.9 Å². The van der Waals surface area contributed by atoms with Gasteiger partial charge in [-0.25, -0.2) is 9.97 Å². The number of ether oxygens (including phenoxy) is 2. The summed E-state index contributed by atoms with van der Waals surface area (Å²) in [7, 11) is 0. The van der Waals surface area contributed by atoms with E-state index in [0.29, 0.717) is 18.0 Å². The molecule has 0 saturated carbocycles. The molecule has 5 rings (SSSR count). The number of carbonyl (C=O) groups excluding carboxylic acids is 1. The molecule has 7 heteroatoms. The number of aromatic nitrogens is 2.